The lowest BCUT2D eigenvalue weighted by Gasteiger charge is -2.05. The molecule has 0 spiro atoms. The van der Waals surface area contributed by atoms with Gasteiger partial charge in [-0.2, -0.15) is 0 Å². The minimum atomic E-state index is 0.385. The number of nitrogens with zero attached hydrogens (tertiary/aromatic N) is 1. The molecule has 1 fully saturated rings. The van der Waals surface area contributed by atoms with E-state index < -0.39 is 0 Å². The van der Waals surface area contributed by atoms with Gasteiger partial charge in [0.2, 0.25) is 0 Å². The average molecular weight is 251 g/mol. The van der Waals surface area contributed by atoms with Gasteiger partial charge in [-0.25, -0.2) is 0 Å². The Kier molecular flexibility index (Phi) is 1.84. The smallest absolute Gasteiger partial charge is 0.186 e. The van der Waals surface area contributed by atoms with E-state index in [9.17, 15) is 0 Å². The van der Waals surface area contributed by atoms with Crippen molar-refractivity contribution in [1.82, 2.24) is 0 Å². The monoisotopic (exact) mass is 251 g/mol. The molecule has 1 aliphatic carbocycles. The van der Waals surface area contributed by atoms with Crippen molar-refractivity contribution >= 4 is 28.5 Å². The normalized spacial score (nSPS) is 31.7. The fourth-order valence-electron chi connectivity index (χ4n) is 1.07. The zero-order chi connectivity index (χ0) is 6.97. The first-order valence-corrected chi connectivity index (χ1v) is 5.19. The van der Waals surface area contributed by atoms with Crippen LogP contribution >= 0.6 is 22.6 Å². The summed E-state index contributed by atoms with van der Waals surface area (Å²) in [5.74, 6) is 1.75. The summed E-state index contributed by atoms with van der Waals surface area (Å²) in [4.78, 5) is 4.34. The van der Waals surface area contributed by atoms with Crippen LogP contribution in [0.1, 0.15) is 12.8 Å². The molecule has 0 bridgehead atoms. The van der Waals surface area contributed by atoms with E-state index in [0.29, 0.717) is 12.0 Å². The van der Waals surface area contributed by atoms with Crippen molar-refractivity contribution in [2.24, 2.45) is 10.9 Å². The topological polar surface area (TPSA) is 21.6 Å². The lowest BCUT2D eigenvalue weighted by molar-refractivity contribution is 0.245. The van der Waals surface area contributed by atoms with Gasteiger partial charge in [0, 0.05) is 10.3 Å². The van der Waals surface area contributed by atoms with E-state index >= 15 is 0 Å². The fraction of sp³-hybridized carbons (Fsp3) is 0.857. The SMILES string of the molecule is IC[C@@H]1CN=C(C2CC2)O1. The maximum Gasteiger partial charge on any atom is 0.186 e. The summed E-state index contributed by atoms with van der Waals surface area (Å²) in [6.45, 7) is 0.898. The van der Waals surface area contributed by atoms with Crippen molar-refractivity contribution in [3.63, 3.8) is 0 Å². The zero-order valence-corrected chi connectivity index (χ0v) is 7.87. The molecule has 2 aliphatic rings. The Hall–Kier alpha value is 0.200. The van der Waals surface area contributed by atoms with Gasteiger partial charge in [-0.3, -0.25) is 4.99 Å². The molecule has 0 N–H and O–H groups in total. The molecular weight excluding hydrogens is 241 g/mol. The summed E-state index contributed by atoms with van der Waals surface area (Å²) in [5.41, 5.74) is 0. The zero-order valence-electron chi connectivity index (χ0n) is 5.72. The first-order chi connectivity index (χ1) is 4.90. The van der Waals surface area contributed by atoms with Gasteiger partial charge in [0.05, 0.1) is 6.54 Å². The van der Waals surface area contributed by atoms with Gasteiger partial charge in [-0.15, -0.1) is 0 Å². The maximum atomic E-state index is 5.58. The van der Waals surface area contributed by atoms with Crippen LogP contribution in [0.2, 0.25) is 0 Å². The molecular formula is C7H10INO. The molecule has 56 valence electrons. The van der Waals surface area contributed by atoms with Gasteiger partial charge >= 0.3 is 0 Å². The highest BCUT2D eigenvalue weighted by Gasteiger charge is 2.33. The third-order valence-electron chi connectivity index (χ3n) is 1.84. The first-order valence-electron chi connectivity index (χ1n) is 3.67. The van der Waals surface area contributed by atoms with E-state index in [2.05, 4.69) is 27.6 Å². The summed E-state index contributed by atoms with van der Waals surface area (Å²) >= 11 is 2.34. The van der Waals surface area contributed by atoms with Crippen molar-refractivity contribution in [3.8, 4) is 0 Å². The van der Waals surface area contributed by atoms with Crippen LogP contribution in [0.5, 0.6) is 0 Å². The Morgan fingerprint density at radius 1 is 1.60 bits per heavy atom. The van der Waals surface area contributed by atoms with Crippen molar-refractivity contribution in [2.75, 3.05) is 11.0 Å². The molecule has 1 aliphatic heterocycles. The fourth-order valence-corrected chi connectivity index (χ4v) is 1.53. The molecule has 0 aromatic heterocycles. The molecule has 0 radical (unpaired) electrons. The Bertz CT molecular complexity index is 165. The highest BCUT2D eigenvalue weighted by Crippen LogP contribution is 2.33. The largest absolute Gasteiger partial charge is 0.475 e. The number of hydrogen-bond donors (Lipinski definition) is 0. The quantitative estimate of drug-likeness (QED) is 0.540. The minimum absolute atomic E-state index is 0.385. The van der Waals surface area contributed by atoms with Crippen molar-refractivity contribution in [2.45, 2.75) is 18.9 Å². The van der Waals surface area contributed by atoms with E-state index in [-0.39, 0.29) is 0 Å². The molecule has 0 aromatic rings. The second-order valence-corrected chi connectivity index (χ2v) is 3.73. The van der Waals surface area contributed by atoms with Crippen LogP contribution in [-0.2, 0) is 4.74 Å². The second kappa shape index (κ2) is 2.68. The molecule has 2 nitrogen and oxygen atoms in total. The number of rotatable bonds is 2. The average Bonchev–Trinajstić information content (AvgIpc) is 2.70. The van der Waals surface area contributed by atoms with E-state index in [1.165, 1.54) is 12.8 Å². The predicted octanol–water partition coefficient (Wildman–Crippen LogP) is 1.63. The summed E-state index contributed by atoms with van der Waals surface area (Å²) in [6, 6.07) is 0. The van der Waals surface area contributed by atoms with Crippen LogP contribution in [0.4, 0.5) is 0 Å². The molecule has 1 saturated carbocycles. The van der Waals surface area contributed by atoms with Gasteiger partial charge in [0.15, 0.2) is 5.90 Å². The van der Waals surface area contributed by atoms with Crippen LogP contribution in [-0.4, -0.2) is 23.0 Å². The molecule has 1 heterocycles. The van der Waals surface area contributed by atoms with E-state index in [4.69, 9.17) is 4.74 Å². The van der Waals surface area contributed by atoms with Gasteiger partial charge in [0.1, 0.15) is 6.10 Å². The summed E-state index contributed by atoms with van der Waals surface area (Å²) in [5, 5.41) is 0. The van der Waals surface area contributed by atoms with E-state index in [1.54, 1.807) is 0 Å². The number of hydrogen-bond acceptors (Lipinski definition) is 2. The highest BCUT2D eigenvalue weighted by molar-refractivity contribution is 14.1. The van der Waals surface area contributed by atoms with Gasteiger partial charge in [-0.05, 0) is 12.8 Å². The molecule has 10 heavy (non-hydrogen) atoms. The van der Waals surface area contributed by atoms with Crippen LogP contribution < -0.4 is 0 Å². The summed E-state index contributed by atoms with van der Waals surface area (Å²) in [7, 11) is 0. The van der Waals surface area contributed by atoms with Crippen LogP contribution in [0.15, 0.2) is 4.99 Å². The highest BCUT2D eigenvalue weighted by atomic mass is 127. The molecule has 0 unspecified atom stereocenters. The predicted molar refractivity (Wildman–Crippen MR) is 48.8 cm³/mol. The van der Waals surface area contributed by atoms with Crippen LogP contribution in [0.25, 0.3) is 0 Å². The molecule has 3 heteroatoms. The Morgan fingerprint density at radius 3 is 2.90 bits per heavy atom. The summed E-state index contributed by atoms with van der Waals surface area (Å²) in [6.07, 6.45) is 2.98. The molecule has 0 saturated heterocycles. The van der Waals surface area contributed by atoms with Crippen molar-refractivity contribution < 1.29 is 4.74 Å². The third-order valence-corrected chi connectivity index (χ3v) is 2.82. The van der Waals surface area contributed by atoms with Gasteiger partial charge < -0.3 is 4.74 Å². The Morgan fingerprint density at radius 2 is 2.40 bits per heavy atom. The first kappa shape index (κ1) is 6.88. The Labute approximate surface area is 74.2 Å². The number of aliphatic imine (C=N–C) groups is 1. The van der Waals surface area contributed by atoms with Crippen molar-refractivity contribution in [3.05, 3.63) is 0 Å². The number of alkyl halides is 1. The second-order valence-electron chi connectivity index (χ2n) is 2.85. The maximum absolute atomic E-state index is 5.58. The summed E-state index contributed by atoms with van der Waals surface area (Å²) < 4.78 is 6.64. The third kappa shape index (κ3) is 1.28. The lowest BCUT2D eigenvalue weighted by Crippen LogP contribution is -2.14. The standard InChI is InChI=1S/C7H10INO/c8-3-6-4-9-7(10-6)5-1-2-5/h5-6H,1-4H2/t6-/m1/s1. The van der Waals surface area contributed by atoms with Crippen LogP contribution in [0, 0.1) is 5.92 Å². The minimum Gasteiger partial charge on any atom is -0.475 e. The molecule has 0 amide bonds. The number of halogens is 1. The lowest BCUT2D eigenvalue weighted by atomic mass is 10.4. The molecule has 0 aromatic carbocycles. The van der Waals surface area contributed by atoms with Gasteiger partial charge in [-0.1, -0.05) is 22.6 Å². The Balaban J connectivity index is 1.89. The van der Waals surface area contributed by atoms with Crippen LogP contribution in [0.3, 0.4) is 0 Å². The van der Waals surface area contributed by atoms with Gasteiger partial charge in [0.25, 0.3) is 0 Å². The van der Waals surface area contributed by atoms with E-state index in [1.807, 2.05) is 0 Å². The van der Waals surface area contributed by atoms with Crippen molar-refractivity contribution in [1.29, 1.82) is 0 Å². The number of ether oxygens (including phenoxy) is 1. The molecule has 2 rings (SSSR count). The molecule has 1 atom stereocenters. The van der Waals surface area contributed by atoms with E-state index in [0.717, 1.165) is 16.9 Å².